The maximum absolute atomic E-state index is 10.7. The summed E-state index contributed by atoms with van der Waals surface area (Å²) < 4.78 is 5.15. The number of benzene rings is 1. The summed E-state index contributed by atoms with van der Waals surface area (Å²) in [6, 6.07) is 7.75. The Labute approximate surface area is 98.9 Å². The summed E-state index contributed by atoms with van der Waals surface area (Å²) in [4.78, 5) is 14.6. The summed E-state index contributed by atoms with van der Waals surface area (Å²) in [5.41, 5.74) is 1.89. The minimum atomic E-state index is -1.08. The van der Waals surface area contributed by atoms with Crippen molar-refractivity contribution in [3.63, 3.8) is 0 Å². The second-order valence-corrected chi connectivity index (χ2v) is 4.12. The van der Waals surface area contributed by atoms with Crippen molar-refractivity contribution in [2.75, 3.05) is 0 Å². The minimum Gasteiger partial charge on any atom is -0.476 e. The molecule has 0 saturated carbocycles. The van der Waals surface area contributed by atoms with E-state index >= 15 is 0 Å². The van der Waals surface area contributed by atoms with Crippen molar-refractivity contribution < 1.29 is 14.3 Å². The molecule has 0 fully saturated rings. The van der Waals surface area contributed by atoms with Crippen LogP contribution in [-0.2, 0) is 0 Å². The third-order valence-electron chi connectivity index (χ3n) is 2.52. The Bertz CT molecular complexity index is 543. The van der Waals surface area contributed by atoms with Crippen molar-refractivity contribution >= 4 is 5.97 Å². The first kappa shape index (κ1) is 11.4. The zero-order valence-corrected chi connectivity index (χ0v) is 9.68. The molecule has 0 bridgehead atoms. The molecule has 4 nitrogen and oxygen atoms in total. The van der Waals surface area contributed by atoms with E-state index in [1.165, 1.54) is 0 Å². The normalized spacial score (nSPS) is 10.8. The lowest BCUT2D eigenvalue weighted by molar-refractivity contribution is 0.0690. The molecular weight excluding hydrogens is 218 g/mol. The molecule has 1 aromatic heterocycles. The van der Waals surface area contributed by atoms with E-state index in [0.29, 0.717) is 11.8 Å². The molecule has 1 heterocycles. The number of rotatable bonds is 3. The first-order valence-electron chi connectivity index (χ1n) is 5.37. The molecule has 2 rings (SSSR count). The number of nitrogens with zero attached hydrogens (tertiary/aromatic N) is 1. The van der Waals surface area contributed by atoms with Gasteiger partial charge < -0.3 is 9.52 Å². The average molecular weight is 231 g/mol. The minimum absolute atomic E-state index is 0.0741. The Balaban J connectivity index is 2.38. The van der Waals surface area contributed by atoms with Gasteiger partial charge >= 0.3 is 5.97 Å². The van der Waals surface area contributed by atoms with Crippen LogP contribution in [0.2, 0.25) is 0 Å². The van der Waals surface area contributed by atoms with E-state index in [2.05, 4.69) is 18.8 Å². The fraction of sp³-hybridized carbons (Fsp3) is 0.231. The number of hydrogen-bond acceptors (Lipinski definition) is 3. The van der Waals surface area contributed by atoms with E-state index in [4.69, 9.17) is 9.52 Å². The molecule has 0 radical (unpaired) electrons. The van der Waals surface area contributed by atoms with Crippen LogP contribution in [0.25, 0.3) is 11.5 Å². The summed E-state index contributed by atoms with van der Waals surface area (Å²) in [5, 5.41) is 8.77. The fourth-order valence-corrected chi connectivity index (χ4v) is 1.54. The van der Waals surface area contributed by atoms with Crippen LogP contribution in [0.4, 0.5) is 0 Å². The number of aromatic nitrogens is 1. The molecular formula is C13H13NO3. The predicted octanol–water partition coefficient (Wildman–Crippen LogP) is 3.16. The van der Waals surface area contributed by atoms with Gasteiger partial charge in [0, 0.05) is 5.56 Å². The first-order valence-corrected chi connectivity index (χ1v) is 5.37. The van der Waals surface area contributed by atoms with Crippen molar-refractivity contribution in [1.82, 2.24) is 4.98 Å². The molecule has 88 valence electrons. The zero-order chi connectivity index (χ0) is 12.4. The second kappa shape index (κ2) is 4.41. The molecule has 4 heteroatoms. The van der Waals surface area contributed by atoms with Gasteiger partial charge in [-0.15, -0.1) is 0 Å². The largest absolute Gasteiger partial charge is 0.476 e. The molecule has 0 aliphatic carbocycles. The molecule has 0 spiro atoms. The van der Waals surface area contributed by atoms with Crippen LogP contribution < -0.4 is 0 Å². The van der Waals surface area contributed by atoms with Crippen molar-refractivity contribution in [3.05, 3.63) is 41.8 Å². The number of carboxylic acids is 1. The topological polar surface area (TPSA) is 63.3 Å². The SMILES string of the molecule is CC(C)c1cccc(-c2nc(C(=O)O)co2)c1. The fourth-order valence-electron chi connectivity index (χ4n) is 1.54. The summed E-state index contributed by atoms with van der Waals surface area (Å²) in [6.45, 7) is 4.19. The summed E-state index contributed by atoms with van der Waals surface area (Å²) in [6.07, 6.45) is 1.15. The Morgan fingerprint density at radius 2 is 2.18 bits per heavy atom. The van der Waals surface area contributed by atoms with Crippen LogP contribution in [0, 0.1) is 0 Å². The lowest BCUT2D eigenvalue weighted by Crippen LogP contribution is -1.95. The van der Waals surface area contributed by atoms with E-state index in [-0.39, 0.29) is 5.69 Å². The standard InChI is InChI=1S/C13H13NO3/c1-8(2)9-4-3-5-10(6-9)12-14-11(7-17-12)13(15)16/h3-8H,1-2H3,(H,15,16). The third kappa shape index (κ3) is 2.36. The number of hydrogen-bond donors (Lipinski definition) is 1. The van der Waals surface area contributed by atoms with Crippen LogP contribution in [0.1, 0.15) is 35.8 Å². The summed E-state index contributed by atoms with van der Waals surface area (Å²) in [5.74, 6) is -0.339. The highest BCUT2D eigenvalue weighted by Crippen LogP contribution is 2.23. The van der Waals surface area contributed by atoms with Crippen LogP contribution in [0.5, 0.6) is 0 Å². The average Bonchev–Trinajstić information content (AvgIpc) is 2.78. The molecule has 0 amide bonds. The van der Waals surface area contributed by atoms with Gasteiger partial charge in [0.05, 0.1) is 0 Å². The smallest absolute Gasteiger partial charge is 0.357 e. The highest BCUT2D eigenvalue weighted by Gasteiger charge is 2.12. The highest BCUT2D eigenvalue weighted by molar-refractivity contribution is 5.85. The molecule has 0 atom stereocenters. The van der Waals surface area contributed by atoms with E-state index in [9.17, 15) is 4.79 Å². The van der Waals surface area contributed by atoms with Gasteiger partial charge in [-0.05, 0) is 23.6 Å². The monoisotopic (exact) mass is 231 g/mol. The van der Waals surface area contributed by atoms with Gasteiger partial charge in [-0.2, -0.15) is 0 Å². The molecule has 0 aliphatic heterocycles. The molecule has 0 unspecified atom stereocenters. The van der Waals surface area contributed by atoms with Gasteiger partial charge in [-0.1, -0.05) is 26.0 Å². The molecule has 2 aromatic rings. The lowest BCUT2D eigenvalue weighted by atomic mass is 10.0. The van der Waals surface area contributed by atoms with Crippen molar-refractivity contribution in [3.8, 4) is 11.5 Å². The van der Waals surface area contributed by atoms with Crippen molar-refractivity contribution in [2.45, 2.75) is 19.8 Å². The predicted molar refractivity (Wildman–Crippen MR) is 63.0 cm³/mol. The second-order valence-electron chi connectivity index (χ2n) is 4.12. The number of carboxylic acid groups (broad SMARTS) is 1. The van der Waals surface area contributed by atoms with Crippen molar-refractivity contribution in [2.24, 2.45) is 0 Å². The van der Waals surface area contributed by atoms with Crippen LogP contribution >= 0.6 is 0 Å². The molecule has 0 aliphatic rings. The number of oxazole rings is 1. The zero-order valence-electron chi connectivity index (χ0n) is 9.68. The van der Waals surface area contributed by atoms with Gasteiger partial charge in [0.25, 0.3) is 0 Å². The number of carbonyl (C=O) groups is 1. The van der Waals surface area contributed by atoms with Crippen LogP contribution in [0.3, 0.4) is 0 Å². The highest BCUT2D eigenvalue weighted by atomic mass is 16.4. The third-order valence-corrected chi connectivity index (χ3v) is 2.52. The van der Waals surface area contributed by atoms with E-state index in [0.717, 1.165) is 17.4 Å². The Morgan fingerprint density at radius 3 is 2.76 bits per heavy atom. The summed E-state index contributed by atoms with van der Waals surface area (Å²) in [7, 11) is 0. The molecule has 1 N–H and O–H groups in total. The van der Waals surface area contributed by atoms with Gasteiger partial charge in [0.1, 0.15) is 6.26 Å². The van der Waals surface area contributed by atoms with Crippen LogP contribution in [-0.4, -0.2) is 16.1 Å². The lowest BCUT2D eigenvalue weighted by Gasteiger charge is -2.05. The van der Waals surface area contributed by atoms with Crippen LogP contribution in [0.15, 0.2) is 34.9 Å². The van der Waals surface area contributed by atoms with E-state index < -0.39 is 5.97 Å². The number of aromatic carboxylic acids is 1. The Morgan fingerprint density at radius 1 is 1.41 bits per heavy atom. The van der Waals surface area contributed by atoms with Gasteiger partial charge in [-0.25, -0.2) is 9.78 Å². The molecule has 17 heavy (non-hydrogen) atoms. The maximum Gasteiger partial charge on any atom is 0.357 e. The maximum atomic E-state index is 10.7. The van der Waals surface area contributed by atoms with Crippen molar-refractivity contribution in [1.29, 1.82) is 0 Å². The van der Waals surface area contributed by atoms with Gasteiger partial charge in [0.15, 0.2) is 5.69 Å². The van der Waals surface area contributed by atoms with Gasteiger partial charge in [-0.3, -0.25) is 0 Å². The van der Waals surface area contributed by atoms with E-state index in [1.54, 1.807) is 0 Å². The first-order chi connectivity index (χ1) is 8.08. The van der Waals surface area contributed by atoms with E-state index in [1.807, 2.05) is 24.3 Å². The molecule has 1 aromatic carbocycles. The molecule has 0 saturated heterocycles. The Hall–Kier alpha value is -2.10. The summed E-state index contributed by atoms with van der Waals surface area (Å²) >= 11 is 0. The van der Waals surface area contributed by atoms with Gasteiger partial charge in [0.2, 0.25) is 5.89 Å². The quantitative estimate of drug-likeness (QED) is 0.881. The Kier molecular flexibility index (Phi) is 2.95.